The van der Waals surface area contributed by atoms with Gasteiger partial charge < -0.3 is 19.5 Å². The van der Waals surface area contributed by atoms with E-state index in [0.29, 0.717) is 41.1 Å². The number of hydrogen-bond acceptors (Lipinski definition) is 7. The Morgan fingerprint density at radius 1 is 1.19 bits per heavy atom. The lowest BCUT2D eigenvalue weighted by atomic mass is 10.1. The van der Waals surface area contributed by atoms with E-state index in [2.05, 4.69) is 60.8 Å². The number of halogens is 1. The first-order valence-corrected chi connectivity index (χ1v) is 15.4. The summed E-state index contributed by atoms with van der Waals surface area (Å²) in [5.41, 5.74) is 3.39. The van der Waals surface area contributed by atoms with Crippen molar-refractivity contribution in [2.75, 3.05) is 17.2 Å². The summed E-state index contributed by atoms with van der Waals surface area (Å²) in [5, 5.41) is 24.6. The van der Waals surface area contributed by atoms with Crippen LogP contribution in [-0.4, -0.2) is 31.0 Å². The van der Waals surface area contributed by atoms with Crippen molar-refractivity contribution in [3.63, 3.8) is 0 Å². The van der Waals surface area contributed by atoms with Crippen LogP contribution in [-0.2, 0) is 9.22 Å². The van der Waals surface area contributed by atoms with Gasteiger partial charge in [0.25, 0.3) is 0 Å². The Hall–Kier alpha value is -3.19. The molecule has 0 radical (unpaired) electrons. The minimum Gasteiger partial charge on any atom is -0.418 e. The molecule has 0 unspecified atom stereocenters. The lowest BCUT2D eigenvalue weighted by Crippen LogP contribution is -2.41. The summed E-state index contributed by atoms with van der Waals surface area (Å²) in [4.78, 5) is 11.3. The van der Waals surface area contributed by atoms with Crippen LogP contribution >= 0.6 is 11.6 Å². The molecule has 1 heterocycles. The first kappa shape index (κ1) is 28.4. The fraction of sp³-hybridized carbons (Fsp3) is 0.407. The summed E-state index contributed by atoms with van der Waals surface area (Å²) < 4.78 is 12.5. The van der Waals surface area contributed by atoms with Crippen LogP contribution in [0.4, 0.5) is 11.4 Å². The second-order valence-electron chi connectivity index (χ2n) is 10.5. The molecule has 0 spiro atoms. The standard InChI is InChI=1S/C27H34ClN5O3Si/c1-17-22(13-10-20(16-29)24(17)28)31-23(14-15-35-37(6,7)27(3,4)5)26-33-32-25(36-26)19-8-11-21(12-9-19)30-18(2)34/h8-13,23,31H,14-15H2,1-7H3,(H,30,34)/t23-/m1/s1. The molecule has 1 amide bonds. The van der Waals surface area contributed by atoms with Crippen LogP contribution in [0.1, 0.15) is 57.2 Å². The van der Waals surface area contributed by atoms with E-state index in [-0.39, 0.29) is 17.0 Å². The zero-order valence-corrected chi connectivity index (χ0v) is 24.2. The SMILES string of the molecule is CC(=O)Nc1ccc(-c2nnc([C@@H](CCO[Si](C)(C)C(C)(C)C)Nc3ccc(C#N)c(Cl)c3C)o2)cc1. The van der Waals surface area contributed by atoms with Gasteiger partial charge in [-0.15, -0.1) is 10.2 Å². The monoisotopic (exact) mass is 539 g/mol. The number of carbonyl (C=O) groups excluding carboxylic acids is 1. The van der Waals surface area contributed by atoms with Crippen molar-refractivity contribution in [3.8, 4) is 17.5 Å². The average molecular weight is 540 g/mol. The number of nitriles is 1. The van der Waals surface area contributed by atoms with Gasteiger partial charge in [-0.2, -0.15) is 5.26 Å². The minimum atomic E-state index is -1.94. The highest BCUT2D eigenvalue weighted by Gasteiger charge is 2.37. The fourth-order valence-electron chi connectivity index (χ4n) is 3.41. The number of amides is 1. The quantitative estimate of drug-likeness (QED) is 0.279. The second-order valence-corrected chi connectivity index (χ2v) is 15.7. The van der Waals surface area contributed by atoms with Crippen molar-refractivity contribution >= 4 is 37.2 Å². The Kier molecular flexibility index (Phi) is 8.79. The van der Waals surface area contributed by atoms with E-state index in [4.69, 9.17) is 20.4 Å². The summed E-state index contributed by atoms with van der Waals surface area (Å²) in [6.45, 7) is 14.9. The molecule has 3 rings (SSSR count). The van der Waals surface area contributed by atoms with Crippen molar-refractivity contribution in [1.82, 2.24) is 10.2 Å². The molecule has 0 bridgehead atoms. The molecule has 3 aromatic rings. The molecule has 2 N–H and O–H groups in total. The molecule has 0 saturated heterocycles. The normalized spacial score (nSPS) is 12.6. The van der Waals surface area contributed by atoms with Gasteiger partial charge >= 0.3 is 0 Å². The molecule has 196 valence electrons. The molecule has 8 nitrogen and oxygen atoms in total. The van der Waals surface area contributed by atoms with Crippen LogP contribution in [0.3, 0.4) is 0 Å². The molecule has 0 fully saturated rings. The molecule has 1 atom stereocenters. The first-order chi connectivity index (χ1) is 17.3. The summed E-state index contributed by atoms with van der Waals surface area (Å²) in [5.74, 6) is 0.649. The maximum absolute atomic E-state index is 11.3. The third kappa shape index (κ3) is 6.98. The van der Waals surface area contributed by atoms with E-state index in [0.717, 1.165) is 16.8 Å². The summed E-state index contributed by atoms with van der Waals surface area (Å²) >= 11 is 6.41. The molecule has 0 saturated carbocycles. The largest absolute Gasteiger partial charge is 0.418 e. The Labute approximate surface area is 224 Å². The predicted octanol–water partition coefficient (Wildman–Crippen LogP) is 7.09. The molecule has 0 aliphatic carbocycles. The molecule has 10 heteroatoms. The van der Waals surface area contributed by atoms with Gasteiger partial charge in [0.15, 0.2) is 8.32 Å². The molecule has 0 aliphatic heterocycles. The summed E-state index contributed by atoms with van der Waals surface area (Å²) in [6.07, 6.45) is 0.590. The number of benzene rings is 2. The van der Waals surface area contributed by atoms with E-state index in [1.165, 1.54) is 6.92 Å². The second kappa shape index (κ2) is 11.5. The molecular formula is C27H34ClN5O3Si. The van der Waals surface area contributed by atoms with Gasteiger partial charge in [0.1, 0.15) is 12.1 Å². The van der Waals surface area contributed by atoms with Gasteiger partial charge in [-0.25, -0.2) is 0 Å². The van der Waals surface area contributed by atoms with Crippen molar-refractivity contribution in [2.24, 2.45) is 0 Å². The third-order valence-corrected chi connectivity index (χ3v) is 11.7. The summed E-state index contributed by atoms with van der Waals surface area (Å²) in [6, 6.07) is 12.5. The van der Waals surface area contributed by atoms with Crippen molar-refractivity contribution in [2.45, 2.75) is 65.2 Å². The van der Waals surface area contributed by atoms with E-state index in [9.17, 15) is 10.1 Å². The number of aromatic nitrogens is 2. The number of hydrogen-bond donors (Lipinski definition) is 2. The van der Waals surface area contributed by atoms with Crippen molar-refractivity contribution in [3.05, 3.63) is 58.4 Å². The van der Waals surface area contributed by atoms with Gasteiger partial charge in [0.2, 0.25) is 17.7 Å². The highest BCUT2D eigenvalue weighted by atomic mass is 35.5. The maximum Gasteiger partial charge on any atom is 0.247 e. The van der Waals surface area contributed by atoms with Gasteiger partial charge in [-0.3, -0.25) is 4.79 Å². The fourth-order valence-corrected chi connectivity index (χ4v) is 4.68. The van der Waals surface area contributed by atoms with Crippen LogP contribution < -0.4 is 10.6 Å². The maximum atomic E-state index is 11.3. The van der Waals surface area contributed by atoms with Crippen LogP contribution in [0.5, 0.6) is 0 Å². The topological polar surface area (TPSA) is 113 Å². The Morgan fingerprint density at radius 2 is 1.86 bits per heavy atom. The molecule has 0 aliphatic rings. The molecule has 2 aromatic carbocycles. The van der Waals surface area contributed by atoms with E-state index in [1.54, 1.807) is 18.2 Å². The lowest BCUT2D eigenvalue weighted by molar-refractivity contribution is -0.114. The number of anilines is 2. The minimum absolute atomic E-state index is 0.0915. The van der Waals surface area contributed by atoms with Gasteiger partial charge in [-0.05, 0) is 73.4 Å². The molecular weight excluding hydrogens is 506 g/mol. The number of rotatable bonds is 9. The molecule has 37 heavy (non-hydrogen) atoms. The van der Waals surface area contributed by atoms with Crippen LogP contribution in [0.25, 0.3) is 11.5 Å². The van der Waals surface area contributed by atoms with Crippen molar-refractivity contribution < 1.29 is 13.6 Å². The first-order valence-electron chi connectivity index (χ1n) is 12.1. The van der Waals surface area contributed by atoms with Gasteiger partial charge in [-0.1, -0.05) is 32.4 Å². The number of nitrogens with zero attached hydrogens (tertiary/aromatic N) is 3. The van der Waals surface area contributed by atoms with Crippen LogP contribution in [0, 0.1) is 18.3 Å². The van der Waals surface area contributed by atoms with Crippen LogP contribution in [0.15, 0.2) is 40.8 Å². The molecule has 1 aromatic heterocycles. The smallest absolute Gasteiger partial charge is 0.247 e. The lowest BCUT2D eigenvalue weighted by Gasteiger charge is -2.36. The summed E-state index contributed by atoms with van der Waals surface area (Å²) in [7, 11) is -1.94. The zero-order valence-electron chi connectivity index (χ0n) is 22.4. The van der Waals surface area contributed by atoms with E-state index < -0.39 is 8.32 Å². The van der Waals surface area contributed by atoms with Crippen LogP contribution in [0.2, 0.25) is 23.2 Å². The van der Waals surface area contributed by atoms with E-state index in [1.807, 2.05) is 25.1 Å². The van der Waals surface area contributed by atoms with Gasteiger partial charge in [0.05, 0.1) is 10.6 Å². The number of nitrogens with one attached hydrogen (secondary N) is 2. The highest BCUT2D eigenvalue weighted by Crippen LogP contribution is 2.37. The van der Waals surface area contributed by atoms with Gasteiger partial charge in [0, 0.05) is 30.5 Å². The Bertz CT molecular complexity index is 1290. The zero-order chi connectivity index (χ0) is 27.4. The van der Waals surface area contributed by atoms with E-state index >= 15 is 0 Å². The Balaban J connectivity index is 1.87. The third-order valence-electron chi connectivity index (χ3n) is 6.70. The Morgan fingerprint density at radius 3 is 2.46 bits per heavy atom. The predicted molar refractivity (Wildman–Crippen MR) is 149 cm³/mol. The average Bonchev–Trinajstić information content (AvgIpc) is 3.31. The number of carbonyl (C=O) groups is 1. The van der Waals surface area contributed by atoms with Crippen molar-refractivity contribution in [1.29, 1.82) is 5.26 Å². The highest BCUT2D eigenvalue weighted by molar-refractivity contribution is 6.74.